The van der Waals surface area contributed by atoms with Crippen molar-refractivity contribution in [3.05, 3.63) is 94.3 Å². The van der Waals surface area contributed by atoms with Gasteiger partial charge in [-0.1, -0.05) is 87.0 Å². The number of carbonyl (C=O) groups is 1. The summed E-state index contributed by atoms with van der Waals surface area (Å²) in [6.07, 6.45) is 0. The average Bonchev–Trinajstić information content (AvgIpc) is 2.78. The third kappa shape index (κ3) is 6.08. The van der Waals surface area contributed by atoms with E-state index in [1.54, 1.807) is 31.3 Å². The van der Waals surface area contributed by atoms with Crippen molar-refractivity contribution in [2.75, 3.05) is 18.9 Å². The normalized spacial score (nSPS) is 11.8. The Morgan fingerprint density at radius 2 is 1.61 bits per heavy atom. The molecule has 33 heavy (non-hydrogen) atoms. The summed E-state index contributed by atoms with van der Waals surface area (Å²) in [6.45, 7) is 5.50. The lowest BCUT2D eigenvalue weighted by Gasteiger charge is -2.28. The molecule has 2 aromatic carbocycles. The van der Waals surface area contributed by atoms with Crippen molar-refractivity contribution in [2.45, 2.75) is 38.7 Å². The number of nitrogens with one attached hydrogen (secondary N) is 1. The second-order valence-electron chi connectivity index (χ2n) is 8.96. The van der Waals surface area contributed by atoms with Crippen molar-refractivity contribution in [1.29, 1.82) is 0 Å². The molecule has 0 aliphatic carbocycles. The van der Waals surface area contributed by atoms with E-state index in [2.05, 4.69) is 31.1 Å². The number of alkyl halides is 2. The van der Waals surface area contributed by atoms with Crippen LogP contribution in [-0.2, 0) is 17.9 Å². The van der Waals surface area contributed by atoms with Gasteiger partial charge in [0.05, 0.1) is 12.2 Å². The molecule has 0 aliphatic heterocycles. The zero-order valence-electron chi connectivity index (χ0n) is 19.2. The topological polar surface area (TPSA) is 45.2 Å². The minimum atomic E-state index is -3.25. The van der Waals surface area contributed by atoms with Crippen molar-refractivity contribution in [3.8, 4) is 0 Å². The number of halogens is 3. The van der Waals surface area contributed by atoms with Crippen LogP contribution in [0.5, 0.6) is 0 Å². The first-order valence-corrected chi connectivity index (χ1v) is 11.1. The molecule has 1 amide bonds. The van der Waals surface area contributed by atoms with Crippen LogP contribution in [0, 0.1) is 0 Å². The lowest BCUT2D eigenvalue weighted by atomic mass is 9.87. The van der Waals surface area contributed by atoms with Crippen molar-refractivity contribution < 1.29 is 13.6 Å². The van der Waals surface area contributed by atoms with E-state index < -0.39 is 18.4 Å². The fourth-order valence-electron chi connectivity index (χ4n) is 3.49. The predicted molar refractivity (Wildman–Crippen MR) is 129 cm³/mol. The Bertz CT molecular complexity index is 1100. The number of carbonyl (C=O) groups excluding carboxylic acids is 1. The van der Waals surface area contributed by atoms with Crippen LogP contribution in [0.15, 0.2) is 66.7 Å². The SMILES string of the molecule is CNc1ccc(Cl)nc1C(=O)N(Cc1ccc(C(C)(C)C)cc1)CC(F)(F)c1ccccc1. The maximum absolute atomic E-state index is 15.2. The molecule has 3 aromatic rings. The summed E-state index contributed by atoms with van der Waals surface area (Å²) in [6, 6.07) is 18.3. The molecule has 0 unspecified atom stereocenters. The van der Waals surface area contributed by atoms with Gasteiger partial charge in [0.15, 0.2) is 5.69 Å². The number of anilines is 1. The summed E-state index contributed by atoms with van der Waals surface area (Å²) in [4.78, 5) is 18.7. The molecule has 1 aromatic heterocycles. The van der Waals surface area contributed by atoms with Crippen LogP contribution in [0.2, 0.25) is 5.15 Å². The van der Waals surface area contributed by atoms with Crippen molar-refractivity contribution >= 4 is 23.2 Å². The van der Waals surface area contributed by atoms with Gasteiger partial charge in [-0.2, -0.15) is 8.78 Å². The molecule has 1 heterocycles. The summed E-state index contributed by atoms with van der Waals surface area (Å²) in [5.41, 5.74) is 2.08. The first kappa shape index (κ1) is 24.6. The van der Waals surface area contributed by atoms with E-state index in [-0.39, 0.29) is 28.4 Å². The molecule has 0 saturated carbocycles. The zero-order chi connectivity index (χ0) is 24.2. The van der Waals surface area contributed by atoms with Crippen LogP contribution in [0.1, 0.15) is 48.0 Å². The lowest BCUT2D eigenvalue weighted by Crippen LogP contribution is -2.40. The van der Waals surface area contributed by atoms with Crippen LogP contribution < -0.4 is 5.32 Å². The summed E-state index contributed by atoms with van der Waals surface area (Å²) >= 11 is 6.01. The first-order chi connectivity index (χ1) is 15.5. The van der Waals surface area contributed by atoms with E-state index in [1.165, 1.54) is 18.2 Å². The standard InChI is InChI=1S/C26H28ClF2N3O/c1-25(2,3)19-12-10-18(11-13-19)16-32(17-26(28,29)20-8-6-5-7-9-20)24(33)23-21(30-4)14-15-22(27)31-23/h5-15,30H,16-17H2,1-4H3. The monoisotopic (exact) mass is 471 g/mol. The molecule has 0 atom stereocenters. The molecule has 7 heteroatoms. The first-order valence-electron chi connectivity index (χ1n) is 10.7. The molecule has 174 valence electrons. The minimum Gasteiger partial charge on any atom is -0.386 e. The van der Waals surface area contributed by atoms with Gasteiger partial charge in [-0.3, -0.25) is 4.79 Å². The van der Waals surface area contributed by atoms with Crippen LogP contribution in [-0.4, -0.2) is 29.4 Å². The van der Waals surface area contributed by atoms with E-state index in [1.807, 2.05) is 24.3 Å². The fraction of sp³-hybridized carbons (Fsp3) is 0.308. The Morgan fingerprint density at radius 1 is 0.970 bits per heavy atom. The highest BCUT2D eigenvalue weighted by molar-refractivity contribution is 6.29. The molecule has 0 aliphatic rings. The van der Waals surface area contributed by atoms with Gasteiger partial charge in [-0.15, -0.1) is 0 Å². The smallest absolute Gasteiger partial charge is 0.290 e. The van der Waals surface area contributed by atoms with Gasteiger partial charge < -0.3 is 10.2 Å². The molecule has 3 rings (SSSR count). The van der Waals surface area contributed by atoms with Crippen LogP contribution in [0.25, 0.3) is 0 Å². The van der Waals surface area contributed by atoms with Crippen LogP contribution in [0.3, 0.4) is 0 Å². The van der Waals surface area contributed by atoms with Gasteiger partial charge in [-0.05, 0) is 28.7 Å². The Labute approximate surface area is 198 Å². The summed E-state index contributed by atoms with van der Waals surface area (Å²) < 4.78 is 30.4. The molecule has 0 saturated heterocycles. The average molecular weight is 472 g/mol. The van der Waals surface area contributed by atoms with E-state index in [4.69, 9.17) is 11.6 Å². The largest absolute Gasteiger partial charge is 0.386 e. The van der Waals surface area contributed by atoms with Crippen molar-refractivity contribution in [2.24, 2.45) is 0 Å². The Balaban J connectivity index is 1.97. The molecular formula is C26H28ClF2N3O. The number of aromatic nitrogens is 1. The van der Waals surface area contributed by atoms with Gasteiger partial charge in [-0.25, -0.2) is 4.98 Å². The van der Waals surface area contributed by atoms with Gasteiger partial charge in [0.25, 0.3) is 11.8 Å². The highest BCUT2D eigenvalue weighted by Gasteiger charge is 2.36. The van der Waals surface area contributed by atoms with Gasteiger partial charge in [0.1, 0.15) is 5.15 Å². The van der Waals surface area contributed by atoms with E-state index in [0.29, 0.717) is 5.69 Å². The van der Waals surface area contributed by atoms with E-state index >= 15 is 8.78 Å². The second-order valence-corrected chi connectivity index (χ2v) is 9.35. The number of amides is 1. The molecule has 0 bridgehead atoms. The highest BCUT2D eigenvalue weighted by atomic mass is 35.5. The Hall–Kier alpha value is -2.99. The predicted octanol–water partition coefficient (Wildman–Crippen LogP) is 6.51. The molecule has 0 fully saturated rings. The third-order valence-corrected chi connectivity index (χ3v) is 5.61. The summed E-state index contributed by atoms with van der Waals surface area (Å²) in [5.74, 6) is -3.88. The number of rotatable bonds is 7. The van der Waals surface area contributed by atoms with Gasteiger partial charge in [0, 0.05) is 19.2 Å². The summed E-state index contributed by atoms with van der Waals surface area (Å²) in [7, 11) is 1.63. The summed E-state index contributed by atoms with van der Waals surface area (Å²) in [5, 5.41) is 3.00. The molecule has 4 nitrogen and oxygen atoms in total. The fourth-order valence-corrected chi connectivity index (χ4v) is 3.64. The lowest BCUT2D eigenvalue weighted by molar-refractivity contribution is -0.0345. The number of benzene rings is 2. The number of pyridine rings is 1. The molecule has 0 spiro atoms. The maximum Gasteiger partial charge on any atom is 0.290 e. The molecular weight excluding hydrogens is 444 g/mol. The van der Waals surface area contributed by atoms with Crippen molar-refractivity contribution in [1.82, 2.24) is 9.88 Å². The zero-order valence-corrected chi connectivity index (χ0v) is 20.0. The molecule has 1 N–H and O–H groups in total. The van der Waals surface area contributed by atoms with Crippen LogP contribution >= 0.6 is 11.6 Å². The Morgan fingerprint density at radius 3 is 2.18 bits per heavy atom. The van der Waals surface area contributed by atoms with Crippen molar-refractivity contribution in [3.63, 3.8) is 0 Å². The number of hydrogen-bond acceptors (Lipinski definition) is 3. The highest BCUT2D eigenvalue weighted by Crippen LogP contribution is 2.31. The van der Waals surface area contributed by atoms with Gasteiger partial charge in [0.2, 0.25) is 0 Å². The van der Waals surface area contributed by atoms with E-state index in [0.717, 1.165) is 16.0 Å². The maximum atomic E-state index is 15.2. The quantitative estimate of drug-likeness (QED) is 0.399. The number of hydrogen-bond donors (Lipinski definition) is 1. The second kappa shape index (κ2) is 9.87. The number of nitrogens with zero attached hydrogens (tertiary/aromatic N) is 2. The minimum absolute atomic E-state index is 0.000161. The molecule has 0 radical (unpaired) electrons. The van der Waals surface area contributed by atoms with Gasteiger partial charge >= 0.3 is 0 Å². The third-order valence-electron chi connectivity index (χ3n) is 5.40. The Kier molecular flexibility index (Phi) is 7.38. The van der Waals surface area contributed by atoms with Crippen LogP contribution in [0.4, 0.5) is 14.5 Å². The van der Waals surface area contributed by atoms with E-state index in [9.17, 15) is 4.79 Å².